The predicted molar refractivity (Wildman–Crippen MR) is 84.5 cm³/mol. The lowest BCUT2D eigenvalue weighted by molar-refractivity contribution is 1.10. The summed E-state index contributed by atoms with van der Waals surface area (Å²) >= 11 is 3.37. The van der Waals surface area contributed by atoms with Gasteiger partial charge in [0.05, 0.1) is 11.4 Å². The highest BCUT2D eigenvalue weighted by Gasteiger charge is 2.06. The first-order valence-electron chi connectivity index (χ1n) is 6.22. The summed E-state index contributed by atoms with van der Waals surface area (Å²) in [6, 6.07) is 14.1. The first kappa shape index (κ1) is 12.9. The van der Waals surface area contributed by atoms with Gasteiger partial charge in [-0.2, -0.15) is 5.10 Å². The summed E-state index contributed by atoms with van der Waals surface area (Å²) in [6.07, 6.45) is 1.77. The average Bonchev–Trinajstić information content (AvgIpc) is 2.97. The molecule has 0 aliphatic heterocycles. The molecule has 1 aromatic carbocycles. The van der Waals surface area contributed by atoms with E-state index in [0.717, 1.165) is 32.8 Å². The van der Waals surface area contributed by atoms with E-state index in [2.05, 4.69) is 36.4 Å². The Morgan fingerprint density at radius 1 is 1.05 bits per heavy atom. The number of anilines is 1. The van der Waals surface area contributed by atoms with Gasteiger partial charge in [-0.3, -0.25) is 5.10 Å². The maximum Gasteiger partial charge on any atom is 0.106 e. The van der Waals surface area contributed by atoms with Crippen molar-refractivity contribution >= 4 is 21.6 Å². The molecule has 0 saturated heterocycles. The molecule has 2 aromatic heterocycles. The molecule has 4 nitrogen and oxygen atoms in total. The molecular formula is C15H13BrN4. The van der Waals surface area contributed by atoms with E-state index in [1.54, 1.807) is 6.20 Å². The molecular weight excluding hydrogens is 316 g/mol. The second kappa shape index (κ2) is 5.46. The van der Waals surface area contributed by atoms with Crippen molar-refractivity contribution in [2.75, 3.05) is 12.4 Å². The van der Waals surface area contributed by atoms with E-state index >= 15 is 0 Å². The van der Waals surface area contributed by atoms with Crippen molar-refractivity contribution in [3.63, 3.8) is 0 Å². The maximum absolute atomic E-state index is 4.37. The highest BCUT2D eigenvalue weighted by Crippen LogP contribution is 2.25. The summed E-state index contributed by atoms with van der Waals surface area (Å²) in [6.45, 7) is 0. The third-order valence-electron chi connectivity index (χ3n) is 3.08. The number of halogens is 1. The molecule has 0 unspecified atom stereocenters. The van der Waals surface area contributed by atoms with Gasteiger partial charge in [-0.15, -0.1) is 0 Å². The van der Waals surface area contributed by atoms with Crippen LogP contribution in [0.3, 0.4) is 0 Å². The van der Waals surface area contributed by atoms with Crippen molar-refractivity contribution in [3.05, 3.63) is 53.3 Å². The van der Waals surface area contributed by atoms with E-state index in [0.29, 0.717) is 0 Å². The normalized spacial score (nSPS) is 10.5. The van der Waals surface area contributed by atoms with Gasteiger partial charge in [-0.1, -0.05) is 12.1 Å². The Bertz CT molecular complexity index is 719. The lowest BCUT2D eigenvalue weighted by atomic mass is 10.1. The Morgan fingerprint density at radius 2 is 1.85 bits per heavy atom. The second-order valence-corrected chi connectivity index (χ2v) is 5.17. The number of nitrogens with zero attached hydrogens (tertiary/aromatic N) is 2. The Morgan fingerprint density at radius 3 is 2.55 bits per heavy atom. The standard InChI is InChI=1S/C15H13BrN4/c1-17-12-4-2-10(3-5-12)13-9-14(20-19-13)11-6-7-18-15(16)8-11/h2-9,17H,1H3,(H,19,20). The van der Waals surface area contributed by atoms with Crippen LogP contribution in [0.2, 0.25) is 0 Å². The SMILES string of the molecule is CNc1ccc(-c2cc(-c3ccnc(Br)c3)[nH]n2)cc1. The molecule has 3 aromatic rings. The fourth-order valence-corrected chi connectivity index (χ4v) is 2.36. The highest BCUT2D eigenvalue weighted by molar-refractivity contribution is 9.10. The minimum atomic E-state index is 0.810. The van der Waals surface area contributed by atoms with Gasteiger partial charge in [-0.25, -0.2) is 4.98 Å². The van der Waals surface area contributed by atoms with E-state index in [9.17, 15) is 0 Å². The Kier molecular flexibility index (Phi) is 3.52. The number of H-pyrrole nitrogens is 1. The van der Waals surface area contributed by atoms with Crippen molar-refractivity contribution in [2.24, 2.45) is 0 Å². The number of pyridine rings is 1. The smallest absolute Gasteiger partial charge is 0.106 e. The van der Waals surface area contributed by atoms with Crippen LogP contribution in [0.15, 0.2) is 53.3 Å². The zero-order valence-corrected chi connectivity index (χ0v) is 12.5. The molecule has 3 rings (SSSR count). The summed E-state index contributed by atoms with van der Waals surface area (Å²) < 4.78 is 0.810. The lowest BCUT2D eigenvalue weighted by Gasteiger charge is -2.00. The lowest BCUT2D eigenvalue weighted by Crippen LogP contribution is -1.86. The first-order valence-corrected chi connectivity index (χ1v) is 7.01. The molecule has 0 fully saturated rings. The minimum Gasteiger partial charge on any atom is -0.388 e. The third-order valence-corrected chi connectivity index (χ3v) is 3.52. The van der Waals surface area contributed by atoms with Gasteiger partial charge in [0.1, 0.15) is 4.60 Å². The molecule has 0 bridgehead atoms. The second-order valence-electron chi connectivity index (χ2n) is 4.36. The van der Waals surface area contributed by atoms with E-state index < -0.39 is 0 Å². The van der Waals surface area contributed by atoms with Crippen molar-refractivity contribution < 1.29 is 0 Å². The number of aromatic nitrogens is 3. The average molecular weight is 329 g/mol. The molecule has 5 heteroatoms. The summed E-state index contributed by atoms with van der Waals surface area (Å²) in [5.74, 6) is 0. The van der Waals surface area contributed by atoms with Crippen LogP contribution in [0.1, 0.15) is 0 Å². The summed E-state index contributed by atoms with van der Waals surface area (Å²) in [5, 5.41) is 10.5. The van der Waals surface area contributed by atoms with Gasteiger partial charge in [-0.05, 0) is 46.3 Å². The van der Waals surface area contributed by atoms with Crippen LogP contribution < -0.4 is 5.32 Å². The van der Waals surface area contributed by atoms with Crippen LogP contribution >= 0.6 is 15.9 Å². The third kappa shape index (κ3) is 2.58. The summed E-state index contributed by atoms with van der Waals surface area (Å²) in [7, 11) is 1.91. The fourth-order valence-electron chi connectivity index (χ4n) is 2.00. The Labute approximate surface area is 125 Å². The van der Waals surface area contributed by atoms with Gasteiger partial charge in [0.15, 0.2) is 0 Å². The van der Waals surface area contributed by atoms with Crippen molar-refractivity contribution in [1.82, 2.24) is 15.2 Å². The molecule has 0 aliphatic carbocycles. The number of nitrogens with one attached hydrogen (secondary N) is 2. The van der Waals surface area contributed by atoms with Crippen LogP contribution in [0.25, 0.3) is 22.5 Å². The molecule has 0 spiro atoms. The molecule has 0 amide bonds. The fraction of sp³-hybridized carbons (Fsp3) is 0.0667. The van der Waals surface area contributed by atoms with Crippen LogP contribution in [0.5, 0.6) is 0 Å². The quantitative estimate of drug-likeness (QED) is 0.716. The van der Waals surface area contributed by atoms with Crippen LogP contribution in [0.4, 0.5) is 5.69 Å². The topological polar surface area (TPSA) is 53.6 Å². The Hall–Kier alpha value is -2.14. The highest BCUT2D eigenvalue weighted by atomic mass is 79.9. The summed E-state index contributed by atoms with van der Waals surface area (Å²) in [5.41, 5.74) is 5.12. The predicted octanol–water partition coefficient (Wildman–Crippen LogP) is 3.94. The molecule has 20 heavy (non-hydrogen) atoms. The van der Waals surface area contributed by atoms with Gasteiger partial charge in [0.2, 0.25) is 0 Å². The largest absolute Gasteiger partial charge is 0.388 e. The van der Waals surface area contributed by atoms with Crippen LogP contribution in [-0.2, 0) is 0 Å². The van der Waals surface area contributed by atoms with E-state index in [1.165, 1.54) is 0 Å². The molecule has 0 radical (unpaired) electrons. The number of benzene rings is 1. The molecule has 2 heterocycles. The van der Waals surface area contributed by atoms with Gasteiger partial charge in [0, 0.05) is 30.1 Å². The zero-order chi connectivity index (χ0) is 13.9. The van der Waals surface area contributed by atoms with E-state index in [1.807, 2.05) is 49.5 Å². The maximum atomic E-state index is 4.37. The van der Waals surface area contributed by atoms with Gasteiger partial charge in [0.25, 0.3) is 0 Å². The number of hydrogen-bond donors (Lipinski definition) is 2. The molecule has 100 valence electrons. The van der Waals surface area contributed by atoms with E-state index in [4.69, 9.17) is 0 Å². The van der Waals surface area contributed by atoms with Crippen molar-refractivity contribution in [3.8, 4) is 22.5 Å². The first-order chi connectivity index (χ1) is 9.76. The molecule has 0 atom stereocenters. The van der Waals surface area contributed by atoms with Crippen molar-refractivity contribution in [1.29, 1.82) is 0 Å². The number of aromatic amines is 1. The van der Waals surface area contributed by atoms with Crippen LogP contribution in [-0.4, -0.2) is 22.2 Å². The van der Waals surface area contributed by atoms with E-state index in [-0.39, 0.29) is 0 Å². The molecule has 2 N–H and O–H groups in total. The van der Waals surface area contributed by atoms with Gasteiger partial charge >= 0.3 is 0 Å². The summed E-state index contributed by atoms with van der Waals surface area (Å²) in [4.78, 5) is 4.12. The van der Waals surface area contributed by atoms with Crippen LogP contribution in [0, 0.1) is 0 Å². The molecule has 0 aliphatic rings. The number of hydrogen-bond acceptors (Lipinski definition) is 3. The van der Waals surface area contributed by atoms with Crippen molar-refractivity contribution in [2.45, 2.75) is 0 Å². The minimum absolute atomic E-state index is 0.810. The monoisotopic (exact) mass is 328 g/mol. The molecule has 0 saturated carbocycles. The van der Waals surface area contributed by atoms with Gasteiger partial charge < -0.3 is 5.32 Å². The number of rotatable bonds is 3. The zero-order valence-electron chi connectivity index (χ0n) is 10.9. The Balaban J connectivity index is 1.93.